The van der Waals surface area contributed by atoms with Gasteiger partial charge in [0.15, 0.2) is 6.29 Å². The zero-order valence-electron chi connectivity index (χ0n) is 21.0. The van der Waals surface area contributed by atoms with E-state index >= 15 is 0 Å². The number of hydrogen-bond donors (Lipinski definition) is 6. The van der Waals surface area contributed by atoms with Gasteiger partial charge in [0.25, 0.3) is 0 Å². The minimum absolute atomic E-state index is 0.300. The maximum absolute atomic E-state index is 10.9. The molecular weight excluding hydrogens is 436 g/mol. The summed E-state index contributed by atoms with van der Waals surface area (Å²) in [6.45, 7) is 11.5. The summed E-state index contributed by atoms with van der Waals surface area (Å²) in [4.78, 5) is 0. The number of hydrogen-bond acceptors (Lipinski definition) is 10. The van der Waals surface area contributed by atoms with Gasteiger partial charge in [-0.25, -0.2) is 0 Å². The summed E-state index contributed by atoms with van der Waals surface area (Å²) < 4.78 is 23.0. The van der Waals surface area contributed by atoms with E-state index in [1.807, 2.05) is 41.5 Å². The molecule has 1 saturated heterocycles. The van der Waals surface area contributed by atoms with Crippen molar-refractivity contribution >= 4 is 0 Å². The van der Waals surface area contributed by atoms with Crippen molar-refractivity contribution in [3.05, 3.63) is 0 Å². The second kappa shape index (κ2) is 13.1. The van der Waals surface area contributed by atoms with Crippen LogP contribution in [0.3, 0.4) is 0 Å². The van der Waals surface area contributed by atoms with Crippen LogP contribution >= 0.6 is 0 Å². The number of aliphatic hydroxyl groups is 6. The fraction of sp³-hybridized carbons (Fsp3) is 1.00. The first kappa shape index (κ1) is 30.6. The normalized spacial score (nSPS) is 30.6. The minimum Gasteiger partial charge on any atom is -0.394 e. The molecule has 1 heterocycles. The predicted octanol–water partition coefficient (Wildman–Crippen LogP) is -0.0602. The summed E-state index contributed by atoms with van der Waals surface area (Å²) in [5.74, 6) is 0. The Morgan fingerprint density at radius 3 is 2.03 bits per heavy atom. The number of ether oxygens (including phenoxy) is 4. The van der Waals surface area contributed by atoms with Crippen LogP contribution in [-0.2, 0) is 18.9 Å². The summed E-state index contributed by atoms with van der Waals surface area (Å²) in [6.07, 6.45) is -8.60. The van der Waals surface area contributed by atoms with E-state index in [0.29, 0.717) is 12.8 Å². The zero-order chi connectivity index (χ0) is 25.6. The van der Waals surface area contributed by atoms with Crippen LogP contribution in [0.2, 0.25) is 0 Å². The van der Waals surface area contributed by atoms with Gasteiger partial charge < -0.3 is 49.6 Å². The molecule has 1 fully saturated rings. The van der Waals surface area contributed by atoms with Gasteiger partial charge in [-0.1, -0.05) is 27.7 Å². The third kappa shape index (κ3) is 8.34. The van der Waals surface area contributed by atoms with Gasteiger partial charge in [-0.2, -0.15) is 0 Å². The molecule has 0 bridgehead atoms. The lowest BCUT2D eigenvalue weighted by molar-refractivity contribution is -0.324. The van der Waals surface area contributed by atoms with Gasteiger partial charge in [0, 0.05) is 0 Å². The van der Waals surface area contributed by atoms with Crippen LogP contribution in [0.1, 0.15) is 61.3 Å². The van der Waals surface area contributed by atoms with E-state index in [0.717, 1.165) is 0 Å². The molecule has 10 nitrogen and oxygen atoms in total. The maximum Gasteiger partial charge on any atom is 0.186 e. The summed E-state index contributed by atoms with van der Waals surface area (Å²) in [7, 11) is 0. The lowest BCUT2D eigenvalue weighted by Gasteiger charge is -2.45. The molecule has 0 aromatic heterocycles. The van der Waals surface area contributed by atoms with E-state index in [1.165, 1.54) is 6.92 Å². The van der Waals surface area contributed by atoms with Gasteiger partial charge >= 0.3 is 0 Å². The van der Waals surface area contributed by atoms with Gasteiger partial charge in [0.1, 0.15) is 36.6 Å². The lowest BCUT2D eigenvalue weighted by atomic mass is 9.81. The molecule has 9 atom stereocenters. The lowest BCUT2D eigenvalue weighted by Crippen LogP contribution is -2.62. The fourth-order valence-electron chi connectivity index (χ4n) is 3.56. The van der Waals surface area contributed by atoms with Crippen molar-refractivity contribution in [1.82, 2.24) is 0 Å². The smallest absolute Gasteiger partial charge is 0.186 e. The van der Waals surface area contributed by atoms with Crippen molar-refractivity contribution in [3.63, 3.8) is 0 Å². The molecule has 0 aromatic rings. The molecule has 10 heteroatoms. The first-order valence-electron chi connectivity index (χ1n) is 11.8. The molecule has 0 saturated carbocycles. The quantitative estimate of drug-likeness (QED) is 0.198. The second-order valence-corrected chi connectivity index (χ2v) is 10.2. The first-order chi connectivity index (χ1) is 15.2. The van der Waals surface area contributed by atoms with E-state index in [1.54, 1.807) is 0 Å². The van der Waals surface area contributed by atoms with Crippen LogP contribution in [0.25, 0.3) is 0 Å². The topological polar surface area (TPSA) is 158 Å². The van der Waals surface area contributed by atoms with Crippen LogP contribution in [0.5, 0.6) is 0 Å². The summed E-state index contributed by atoms with van der Waals surface area (Å²) in [5, 5.41) is 61.2. The van der Waals surface area contributed by atoms with Crippen LogP contribution < -0.4 is 0 Å². The Balaban J connectivity index is 2.98. The van der Waals surface area contributed by atoms with Gasteiger partial charge in [-0.15, -0.1) is 0 Å². The van der Waals surface area contributed by atoms with Crippen molar-refractivity contribution in [2.45, 2.75) is 122 Å². The monoisotopic (exact) mass is 482 g/mol. The maximum atomic E-state index is 10.9. The first-order valence-corrected chi connectivity index (χ1v) is 11.8. The molecule has 0 aromatic carbocycles. The summed E-state index contributed by atoms with van der Waals surface area (Å²) >= 11 is 0. The van der Waals surface area contributed by atoms with E-state index in [4.69, 9.17) is 18.9 Å². The standard InChI is InChI=1S/C23H46O10/c1-8-22(4,5)20(31-15(10-24)13(3)26)14(27)12-30-21-18(29)19(33-23(6,7)9-2)17(28)16(11-25)32-21/h13-21,24-29H,8-12H2,1-7H3/t13-,14-,15?,16?,17?,18?,19?,20?,21?/m0/s1. The van der Waals surface area contributed by atoms with Crippen molar-refractivity contribution in [1.29, 1.82) is 0 Å². The molecule has 1 aliphatic rings. The Morgan fingerprint density at radius 2 is 1.58 bits per heavy atom. The highest BCUT2D eigenvalue weighted by Gasteiger charge is 2.48. The van der Waals surface area contributed by atoms with Gasteiger partial charge in [-0.3, -0.25) is 0 Å². The zero-order valence-corrected chi connectivity index (χ0v) is 21.0. The van der Waals surface area contributed by atoms with E-state index in [-0.39, 0.29) is 6.61 Å². The molecule has 0 radical (unpaired) electrons. The molecule has 6 N–H and O–H groups in total. The van der Waals surface area contributed by atoms with Crippen molar-refractivity contribution in [3.8, 4) is 0 Å². The van der Waals surface area contributed by atoms with Crippen molar-refractivity contribution in [2.24, 2.45) is 5.41 Å². The van der Waals surface area contributed by atoms with Gasteiger partial charge in [-0.05, 0) is 39.0 Å². The van der Waals surface area contributed by atoms with E-state index in [9.17, 15) is 30.6 Å². The fourth-order valence-corrected chi connectivity index (χ4v) is 3.56. The average molecular weight is 483 g/mol. The average Bonchev–Trinajstić information content (AvgIpc) is 2.76. The molecule has 0 amide bonds. The van der Waals surface area contributed by atoms with E-state index < -0.39 is 79.4 Å². The van der Waals surface area contributed by atoms with Crippen LogP contribution in [-0.4, -0.2) is 111 Å². The largest absolute Gasteiger partial charge is 0.394 e. The van der Waals surface area contributed by atoms with Crippen LogP contribution in [0.15, 0.2) is 0 Å². The van der Waals surface area contributed by atoms with Gasteiger partial charge in [0.2, 0.25) is 0 Å². The summed E-state index contributed by atoms with van der Waals surface area (Å²) in [5.41, 5.74) is -1.17. The number of aliphatic hydroxyl groups excluding tert-OH is 6. The highest BCUT2D eigenvalue weighted by molar-refractivity contribution is 4.93. The predicted molar refractivity (Wildman–Crippen MR) is 120 cm³/mol. The Bertz CT molecular complexity index is 555. The Kier molecular flexibility index (Phi) is 12.1. The van der Waals surface area contributed by atoms with Crippen LogP contribution in [0, 0.1) is 5.41 Å². The third-order valence-electron chi connectivity index (χ3n) is 6.63. The highest BCUT2D eigenvalue weighted by Crippen LogP contribution is 2.33. The van der Waals surface area contributed by atoms with Crippen molar-refractivity contribution < 1.29 is 49.6 Å². The molecule has 1 rings (SSSR count). The molecule has 0 spiro atoms. The third-order valence-corrected chi connectivity index (χ3v) is 6.63. The summed E-state index contributed by atoms with van der Waals surface area (Å²) in [6, 6.07) is 0. The molecule has 33 heavy (non-hydrogen) atoms. The molecular formula is C23H46O10. The molecule has 198 valence electrons. The second-order valence-electron chi connectivity index (χ2n) is 10.2. The Labute approximate surface area is 197 Å². The van der Waals surface area contributed by atoms with Crippen LogP contribution in [0.4, 0.5) is 0 Å². The van der Waals surface area contributed by atoms with Crippen molar-refractivity contribution in [2.75, 3.05) is 19.8 Å². The molecule has 7 unspecified atom stereocenters. The highest BCUT2D eigenvalue weighted by atomic mass is 16.7. The Morgan fingerprint density at radius 1 is 0.970 bits per heavy atom. The SMILES string of the molecule is CCC(C)(C)OC1C(O)C(CO)OC(OC[C@H](O)C(OC(CO)[C@H](C)O)C(C)(C)CC)C1O. The minimum atomic E-state index is -1.37. The Hall–Kier alpha value is -0.400. The number of rotatable bonds is 14. The molecule has 0 aliphatic carbocycles. The van der Waals surface area contributed by atoms with E-state index in [2.05, 4.69) is 0 Å². The van der Waals surface area contributed by atoms with Gasteiger partial charge in [0.05, 0.1) is 37.6 Å². The molecule has 1 aliphatic heterocycles.